The van der Waals surface area contributed by atoms with Gasteiger partial charge in [-0.1, -0.05) is 18.2 Å². The van der Waals surface area contributed by atoms with E-state index in [2.05, 4.69) is 10.3 Å². The van der Waals surface area contributed by atoms with Crippen LogP contribution in [-0.4, -0.2) is 51.3 Å². The highest BCUT2D eigenvalue weighted by Gasteiger charge is 2.40. The molecule has 0 radical (unpaired) electrons. The first-order chi connectivity index (χ1) is 12.2. The van der Waals surface area contributed by atoms with Crippen molar-refractivity contribution in [3.05, 3.63) is 36.5 Å². The van der Waals surface area contributed by atoms with E-state index in [0.29, 0.717) is 5.69 Å². The van der Waals surface area contributed by atoms with E-state index in [1.807, 2.05) is 30.3 Å². The lowest BCUT2D eigenvalue weighted by molar-refractivity contribution is -0.120. The van der Waals surface area contributed by atoms with Gasteiger partial charge in [0.1, 0.15) is 11.6 Å². The third kappa shape index (κ3) is 4.11. The number of fused-ring (bicyclic) bond motifs is 1. The molecule has 0 saturated carbocycles. The maximum absolute atomic E-state index is 12.7. The van der Waals surface area contributed by atoms with Crippen molar-refractivity contribution in [2.75, 3.05) is 11.9 Å². The minimum Gasteiger partial charge on any atom is -0.444 e. The fraction of sp³-hybridized carbons (Fsp3) is 0.421. The summed E-state index contributed by atoms with van der Waals surface area (Å²) in [6.45, 7) is 5.34. The number of nitrogens with zero attached hydrogens (tertiary/aromatic N) is 2. The average Bonchev–Trinajstić information content (AvgIpc) is 2.95. The van der Waals surface area contributed by atoms with Crippen LogP contribution in [0, 0.1) is 0 Å². The van der Waals surface area contributed by atoms with Crippen molar-refractivity contribution in [3.8, 4) is 0 Å². The first-order valence-corrected chi connectivity index (χ1v) is 8.56. The summed E-state index contributed by atoms with van der Waals surface area (Å²) >= 11 is 0. The number of para-hydroxylation sites is 1. The van der Waals surface area contributed by atoms with Gasteiger partial charge >= 0.3 is 6.09 Å². The molecule has 0 unspecified atom stereocenters. The van der Waals surface area contributed by atoms with E-state index in [4.69, 9.17) is 4.74 Å². The van der Waals surface area contributed by atoms with Gasteiger partial charge in [-0.3, -0.25) is 14.7 Å². The quantitative estimate of drug-likeness (QED) is 0.862. The van der Waals surface area contributed by atoms with Crippen LogP contribution >= 0.6 is 0 Å². The summed E-state index contributed by atoms with van der Waals surface area (Å²) in [5.41, 5.74) is 0.699. The molecule has 7 heteroatoms. The molecule has 2 amide bonds. The highest BCUT2D eigenvalue weighted by atomic mass is 16.6. The predicted molar refractivity (Wildman–Crippen MR) is 97.7 cm³/mol. The number of aliphatic hydroxyl groups is 1. The number of nitrogens with one attached hydrogen (secondary N) is 1. The van der Waals surface area contributed by atoms with E-state index in [-0.39, 0.29) is 18.9 Å². The van der Waals surface area contributed by atoms with Gasteiger partial charge in [-0.05, 0) is 32.9 Å². The van der Waals surface area contributed by atoms with E-state index in [1.165, 1.54) is 4.90 Å². The number of carbonyl (C=O) groups excluding carboxylic acids is 2. The maximum atomic E-state index is 12.7. The van der Waals surface area contributed by atoms with Crippen LogP contribution in [0.3, 0.4) is 0 Å². The van der Waals surface area contributed by atoms with Gasteiger partial charge in [0.15, 0.2) is 0 Å². The van der Waals surface area contributed by atoms with E-state index in [0.717, 1.165) is 10.9 Å². The third-order valence-electron chi connectivity index (χ3n) is 4.07. The number of likely N-dealkylation sites (tertiary alicyclic amines) is 1. The van der Waals surface area contributed by atoms with Gasteiger partial charge in [0.2, 0.25) is 5.91 Å². The normalized spacial score (nSPS) is 20.2. The number of aromatic nitrogens is 1. The van der Waals surface area contributed by atoms with Gasteiger partial charge in [0.25, 0.3) is 0 Å². The molecule has 2 atom stereocenters. The molecule has 3 rings (SSSR count). The molecule has 1 aliphatic heterocycles. The lowest BCUT2D eigenvalue weighted by atomic mass is 10.1. The minimum atomic E-state index is -0.786. The number of pyridine rings is 1. The molecule has 7 nitrogen and oxygen atoms in total. The largest absolute Gasteiger partial charge is 0.444 e. The van der Waals surface area contributed by atoms with E-state index < -0.39 is 23.8 Å². The smallest absolute Gasteiger partial charge is 0.411 e. The minimum absolute atomic E-state index is 0.0724. The number of β-amino-alcohol motifs (C(OH)–C–C–N with tert-alkyl or cyclic N) is 1. The second kappa shape index (κ2) is 6.92. The number of amides is 2. The van der Waals surface area contributed by atoms with E-state index in [9.17, 15) is 14.7 Å². The van der Waals surface area contributed by atoms with Crippen LogP contribution in [0.1, 0.15) is 27.2 Å². The molecule has 1 fully saturated rings. The SMILES string of the molecule is CC(C)(C)OC(=O)N1C[C@@H](O)C[C@H]1C(=O)Nc1cnc2ccccc2c1. The molecule has 2 aromatic rings. The Morgan fingerprint density at radius 1 is 1.31 bits per heavy atom. The van der Waals surface area contributed by atoms with Crippen LogP contribution in [0.5, 0.6) is 0 Å². The van der Waals surface area contributed by atoms with Crippen LogP contribution < -0.4 is 5.32 Å². The maximum Gasteiger partial charge on any atom is 0.411 e. The van der Waals surface area contributed by atoms with Gasteiger partial charge < -0.3 is 15.2 Å². The van der Waals surface area contributed by atoms with Crippen LogP contribution in [0.15, 0.2) is 36.5 Å². The number of hydrogen-bond acceptors (Lipinski definition) is 5. The van der Waals surface area contributed by atoms with Crippen LogP contribution in [-0.2, 0) is 9.53 Å². The highest BCUT2D eigenvalue weighted by molar-refractivity contribution is 5.98. The summed E-state index contributed by atoms with van der Waals surface area (Å²) in [6, 6.07) is 8.62. The molecular weight excluding hydrogens is 334 g/mol. The molecule has 1 saturated heterocycles. The molecule has 1 aliphatic rings. The number of anilines is 1. The average molecular weight is 357 g/mol. The molecular formula is C19H23N3O4. The van der Waals surface area contributed by atoms with Gasteiger partial charge in [-0.2, -0.15) is 0 Å². The molecule has 26 heavy (non-hydrogen) atoms. The number of hydrogen-bond donors (Lipinski definition) is 2. The highest BCUT2D eigenvalue weighted by Crippen LogP contribution is 2.23. The van der Waals surface area contributed by atoms with Crippen molar-refractivity contribution in [1.29, 1.82) is 0 Å². The number of rotatable bonds is 2. The Morgan fingerprint density at radius 3 is 2.77 bits per heavy atom. The third-order valence-corrected chi connectivity index (χ3v) is 4.07. The van der Waals surface area contributed by atoms with E-state index >= 15 is 0 Å². The molecule has 0 bridgehead atoms. The number of carbonyl (C=O) groups is 2. The number of ether oxygens (including phenoxy) is 1. The Kier molecular flexibility index (Phi) is 4.82. The summed E-state index contributed by atoms with van der Waals surface area (Å²) in [6.07, 6.45) is 0.383. The van der Waals surface area contributed by atoms with Crippen molar-refractivity contribution in [2.24, 2.45) is 0 Å². The Morgan fingerprint density at radius 2 is 2.04 bits per heavy atom. The van der Waals surface area contributed by atoms with Crippen molar-refractivity contribution >= 4 is 28.6 Å². The monoisotopic (exact) mass is 357 g/mol. The number of aliphatic hydroxyl groups excluding tert-OH is 1. The molecule has 2 heterocycles. The van der Waals surface area contributed by atoms with Gasteiger partial charge in [-0.25, -0.2) is 4.79 Å². The van der Waals surface area contributed by atoms with Crippen molar-refractivity contribution in [2.45, 2.75) is 44.9 Å². The van der Waals surface area contributed by atoms with Crippen molar-refractivity contribution < 1.29 is 19.4 Å². The van der Waals surface area contributed by atoms with Crippen molar-refractivity contribution in [1.82, 2.24) is 9.88 Å². The Bertz CT molecular complexity index is 831. The van der Waals surface area contributed by atoms with Crippen LogP contribution in [0.2, 0.25) is 0 Å². The fourth-order valence-corrected chi connectivity index (χ4v) is 2.95. The summed E-state index contributed by atoms with van der Waals surface area (Å²) in [5.74, 6) is -0.371. The summed E-state index contributed by atoms with van der Waals surface area (Å²) in [7, 11) is 0. The lowest BCUT2D eigenvalue weighted by Gasteiger charge is -2.27. The van der Waals surface area contributed by atoms with Crippen molar-refractivity contribution in [3.63, 3.8) is 0 Å². The molecule has 0 aliphatic carbocycles. The summed E-state index contributed by atoms with van der Waals surface area (Å²) in [5, 5.41) is 13.6. The summed E-state index contributed by atoms with van der Waals surface area (Å²) in [4.78, 5) is 30.6. The predicted octanol–water partition coefficient (Wildman–Crippen LogP) is 2.54. The molecule has 138 valence electrons. The molecule has 0 spiro atoms. The molecule has 1 aromatic heterocycles. The fourth-order valence-electron chi connectivity index (χ4n) is 2.95. The zero-order chi connectivity index (χ0) is 18.9. The zero-order valence-electron chi connectivity index (χ0n) is 15.1. The molecule has 2 N–H and O–H groups in total. The van der Waals surface area contributed by atoms with Crippen LogP contribution in [0.25, 0.3) is 10.9 Å². The molecule has 1 aromatic carbocycles. The first kappa shape index (κ1) is 18.1. The number of benzene rings is 1. The second-order valence-electron chi connectivity index (χ2n) is 7.44. The summed E-state index contributed by atoms with van der Waals surface area (Å²) < 4.78 is 5.34. The van der Waals surface area contributed by atoms with Gasteiger partial charge in [-0.15, -0.1) is 0 Å². The topological polar surface area (TPSA) is 91.8 Å². The van der Waals surface area contributed by atoms with Gasteiger partial charge in [0, 0.05) is 11.8 Å². The standard InChI is InChI=1S/C19H23N3O4/c1-19(2,3)26-18(25)22-11-14(23)9-16(22)17(24)21-13-8-12-6-4-5-7-15(12)20-10-13/h4-8,10,14,16,23H,9,11H2,1-3H3,(H,21,24)/t14-,16-/m0/s1. The zero-order valence-corrected chi connectivity index (χ0v) is 15.1. The Hall–Kier alpha value is -2.67. The van der Waals surface area contributed by atoms with Gasteiger partial charge in [0.05, 0.1) is 30.0 Å². The first-order valence-electron chi connectivity index (χ1n) is 8.56. The Labute approximate surface area is 152 Å². The Balaban J connectivity index is 1.75. The lowest BCUT2D eigenvalue weighted by Crippen LogP contribution is -2.45. The van der Waals surface area contributed by atoms with Crippen LogP contribution in [0.4, 0.5) is 10.5 Å². The second-order valence-corrected chi connectivity index (χ2v) is 7.44. The van der Waals surface area contributed by atoms with E-state index in [1.54, 1.807) is 27.0 Å².